The Hall–Kier alpha value is -0.650. The number of rotatable bonds is 1. The third kappa shape index (κ3) is 4.55. The Balaban J connectivity index is 0.000000146. The van der Waals surface area contributed by atoms with Crippen LogP contribution in [0.1, 0.15) is 6.42 Å². The van der Waals surface area contributed by atoms with Crippen molar-refractivity contribution in [1.29, 1.82) is 0 Å². The van der Waals surface area contributed by atoms with E-state index in [1.165, 1.54) is 0 Å². The Morgan fingerprint density at radius 3 is 2.14 bits per heavy atom. The first kappa shape index (κ1) is 11.4. The standard InChI is InChI=1S/C5H9NO2.C4H9NO/c7-5(8)4-1-2-6-3-4;1-3-6-4-2-5-1/h4,6H,1-3H2,(H,7,8);5H,1-4H2. The van der Waals surface area contributed by atoms with Crippen LogP contribution in [0.15, 0.2) is 0 Å². The molecule has 2 rings (SSSR count). The minimum absolute atomic E-state index is 0.130. The fourth-order valence-electron chi connectivity index (χ4n) is 1.38. The molecular weight excluding hydrogens is 184 g/mol. The average molecular weight is 202 g/mol. The van der Waals surface area contributed by atoms with E-state index in [-0.39, 0.29) is 5.92 Å². The number of carboxylic acids is 1. The fraction of sp³-hybridized carbons (Fsp3) is 0.889. The first-order valence-corrected chi connectivity index (χ1v) is 5.02. The highest BCUT2D eigenvalue weighted by Crippen LogP contribution is 2.05. The molecule has 3 N–H and O–H groups in total. The van der Waals surface area contributed by atoms with Gasteiger partial charge in [-0.05, 0) is 13.0 Å². The molecule has 2 aliphatic rings. The highest BCUT2D eigenvalue weighted by Gasteiger charge is 2.20. The van der Waals surface area contributed by atoms with Crippen LogP contribution in [-0.4, -0.2) is 50.5 Å². The Bertz CT molecular complexity index is 154. The monoisotopic (exact) mass is 202 g/mol. The van der Waals surface area contributed by atoms with Crippen LogP contribution in [0.3, 0.4) is 0 Å². The molecule has 0 bridgehead atoms. The van der Waals surface area contributed by atoms with Crippen molar-refractivity contribution in [3.8, 4) is 0 Å². The van der Waals surface area contributed by atoms with E-state index in [0.29, 0.717) is 6.54 Å². The van der Waals surface area contributed by atoms with Crippen molar-refractivity contribution in [2.75, 3.05) is 39.4 Å². The quantitative estimate of drug-likeness (QED) is 0.524. The highest BCUT2D eigenvalue weighted by atomic mass is 16.5. The van der Waals surface area contributed by atoms with Gasteiger partial charge in [-0.2, -0.15) is 0 Å². The zero-order chi connectivity index (χ0) is 10.2. The normalized spacial score (nSPS) is 26.4. The van der Waals surface area contributed by atoms with E-state index in [4.69, 9.17) is 9.84 Å². The molecule has 2 saturated heterocycles. The molecule has 5 nitrogen and oxygen atoms in total. The lowest BCUT2D eigenvalue weighted by Gasteiger charge is -2.10. The summed E-state index contributed by atoms with van der Waals surface area (Å²) >= 11 is 0. The molecule has 1 unspecified atom stereocenters. The van der Waals surface area contributed by atoms with Gasteiger partial charge in [0.2, 0.25) is 0 Å². The van der Waals surface area contributed by atoms with Gasteiger partial charge >= 0.3 is 5.97 Å². The molecule has 0 aliphatic carbocycles. The predicted octanol–water partition coefficient (Wildman–Crippen LogP) is -0.713. The molecule has 5 heteroatoms. The predicted molar refractivity (Wildman–Crippen MR) is 52.3 cm³/mol. The molecule has 1 atom stereocenters. The summed E-state index contributed by atoms with van der Waals surface area (Å²) in [5, 5.41) is 14.5. The number of ether oxygens (including phenoxy) is 1. The van der Waals surface area contributed by atoms with Gasteiger partial charge in [0.15, 0.2) is 0 Å². The minimum atomic E-state index is -0.671. The van der Waals surface area contributed by atoms with Crippen molar-refractivity contribution in [3.05, 3.63) is 0 Å². The topological polar surface area (TPSA) is 70.6 Å². The van der Waals surface area contributed by atoms with Crippen LogP contribution in [0.5, 0.6) is 0 Å². The van der Waals surface area contributed by atoms with Crippen LogP contribution < -0.4 is 10.6 Å². The van der Waals surface area contributed by atoms with Gasteiger partial charge in [0.05, 0.1) is 19.1 Å². The summed E-state index contributed by atoms with van der Waals surface area (Å²) < 4.78 is 5.01. The second-order valence-corrected chi connectivity index (χ2v) is 3.39. The molecule has 0 saturated carbocycles. The van der Waals surface area contributed by atoms with Gasteiger partial charge in [0.25, 0.3) is 0 Å². The number of nitrogens with one attached hydrogen (secondary N) is 2. The van der Waals surface area contributed by atoms with Gasteiger partial charge in [0, 0.05) is 19.6 Å². The second kappa shape index (κ2) is 6.75. The maximum atomic E-state index is 10.2. The van der Waals surface area contributed by atoms with Crippen LogP contribution in [-0.2, 0) is 9.53 Å². The van der Waals surface area contributed by atoms with Gasteiger partial charge in [-0.25, -0.2) is 0 Å². The van der Waals surface area contributed by atoms with Crippen molar-refractivity contribution in [1.82, 2.24) is 10.6 Å². The molecular formula is C9H18N2O3. The van der Waals surface area contributed by atoms with Gasteiger partial charge in [0.1, 0.15) is 0 Å². The molecule has 14 heavy (non-hydrogen) atoms. The summed E-state index contributed by atoms with van der Waals surface area (Å²) in [6.45, 7) is 5.34. The summed E-state index contributed by atoms with van der Waals surface area (Å²) in [7, 11) is 0. The molecule has 82 valence electrons. The van der Waals surface area contributed by atoms with E-state index >= 15 is 0 Å². The number of morpholine rings is 1. The number of hydrogen-bond donors (Lipinski definition) is 3. The molecule has 2 fully saturated rings. The van der Waals surface area contributed by atoms with Crippen LogP contribution >= 0.6 is 0 Å². The summed E-state index contributed by atoms with van der Waals surface area (Å²) in [4.78, 5) is 10.2. The lowest BCUT2D eigenvalue weighted by atomic mass is 10.1. The zero-order valence-electron chi connectivity index (χ0n) is 8.29. The lowest BCUT2D eigenvalue weighted by molar-refractivity contribution is -0.140. The van der Waals surface area contributed by atoms with E-state index in [0.717, 1.165) is 39.3 Å². The Morgan fingerprint density at radius 2 is 1.93 bits per heavy atom. The van der Waals surface area contributed by atoms with Crippen LogP contribution in [0.2, 0.25) is 0 Å². The number of hydrogen-bond acceptors (Lipinski definition) is 4. The molecule has 0 aromatic heterocycles. The highest BCUT2D eigenvalue weighted by molar-refractivity contribution is 5.70. The van der Waals surface area contributed by atoms with E-state index in [1.54, 1.807) is 0 Å². The Labute approximate surface area is 83.8 Å². The Morgan fingerprint density at radius 1 is 1.21 bits per heavy atom. The van der Waals surface area contributed by atoms with E-state index in [2.05, 4.69) is 10.6 Å². The molecule has 0 aromatic carbocycles. The number of aliphatic carboxylic acids is 1. The lowest BCUT2D eigenvalue weighted by Crippen LogP contribution is -2.30. The van der Waals surface area contributed by atoms with Crippen molar-refractivity contribution in [2.45, 2.75) is 6.42 Å². The minimum Gasteiger partial charge on any atom is -0.481 e. The zero-order valence-corrected chi connectivity index (χ0v) is 8.29. The van der Waals surface area contributed by atoms with Crippen molar-refractivity contribution < 1.29 is 14.6 Å². The Kier molecular flexibility index (Phi) is 5.51. The number of carbonyl (C=O) groups is 1. The van der Waals surface area contributed by atoms with Gasteiger partial charge in [-0.15, -0.1) is 0 Å². The van der Waals surface area contributed by atoms with Crippen molar-refractivity contribution >= 4 is 5.97 Å². The SMILES string of the molecule is C1COCCN1.O=C(O)C1CCNC1. The molecule has 0 spiro atoms. The molecule has 0 radical (unpaired) electrons. The molecule has 2 aliphatic heterocycles. The third-order valence-corrected chi connectivity index (χ3v) is 2.26. The maximum Gasteiger partial charge on any atom is 0.307 e. The van der Waals surface area contributed by atoms with Crippen molar-refractivity contribution in [2.24, 2.45) is 5.92 Å². The summed E-state index contributed by atoms with van der Waals surface area (Å²) in [5.74, 6) is -0.801. The fourth-order valence-corrected chi connectivity index (χ4v) is 1.38. The summed E-state index contributed by atoms with van der Waals surface area (Å²) in [5.41, 5.74) is 0. The van der Waals surface area contributed by atoms with E-state index in [9.17, 15) is 4.79 Å². The summed E-state index contributed by atoms with van der Waals surface area (Å²) in [6.07, 6.45) is 0.787. The number of carboxylic acid groups (broad SMARTS) is 1. The van der Waals surface area contributed by atoms with Crippen LogP contribution in [0.25, 0.3) is 0 Å². The maximum absolute atomic E-state index is 10.2. The second-order valence-electron chi connectivity index (χ2n) is 3.39. The average Bonchev–Trinajstić information content (AvgIpc) is 2.74. The van der Waals surface area contributed by atoms with Crippen LogP contribution in [0, 0.1) is 5.92 Å². The van der Waals surface area contributed by atoms with E-state index < -0.39 is 5.97 Å². The molecule has 0 aromatic rings. The van der Waals surface area contributed by atoms with Gasteiger partial charge in [-0.3, -0.25) is 4.79 Å². The largest absolute Gasteiger partial charge is 0.481 e. The smallest absolute Gasteiger partial charge is 0.307 e. The van der Waals surface area contributed by atoms with E-state index in [1.807, 2.05) is 0 Å². The van der Waals surface area contributed by atoms with Gasteiger partial charge < -0.3 is 20.5 Å². The molecule has 0 amide bonds. The summed E-state index contributed by atoms with van der Waals surface area (Å²) in [6, 6.07) is 0. The molecule has 2 heterocycles. The van der Waals surface area contributed by atoms with Crippen LogP contribution in [0.4, 0.5) is 0 Å². The van der Waals surface area contributed by atoms with Gasteiger partial charge in [-0.1, -0.05) is 0 Å². The van der Waals surface area contributed by atoms with Crippen molar-refractivity contribution in [3.63, 3.8) is 0 Å². The first-order chi connectivity index (χ1) is 6.80. The first-order valence-electron chi connectivity index (χ1n) is 5.02. The third-order valence-electron chi connectivity index (χ3n) is 2.26.